The van der Waals surface area contributed by atoms with E-state index in [2.05, 4.69) is 0 Å². The highest BCUT2D eigenvalue weighted by molar-refractivity contribution is 5.81. The first-order valence-electron chi connectivity index (χ1n) is 5.60. The summed E-state index contributed by atoms with van der Waals surface area (Å²) in [6.07, 6.45) is 6.41. The molecule has 0 radical (unpaired) electrons. The van der Waals surface area contributed by atoms with Crippen LogP contribution in [0.1, 0.15) is 38.5 Å². The normalized spacial score (nSPS) is 54.9. The fourth-order valence-electron chi connectivity index (χ4n) is 4.62. The van der Waals surface area contributed by atoms with E-state index >= 15 is 0 Å². The second-order valence-electron chi connectivity index (χ2n) is 5.97. The molecule has 0 aromatic rings. The van der Waals surface area contributed by atoms with Gasteiger partial charge in [-0.05, 0) is 50.4 Å². The van der Waals surface area contributed by atoms with Crippen LogP contribution in [0.25, 0.3) is 0 Å². The smallest absolute Gasteiger partial charge is 0.223 e. The molecule has 4 aliphatic rings. The number of nitrogens with two attached hydrogens (primary N) is 2. The summed E-state index contributed by atoms with van der Waals surface area (Å²) >= 11 is 0. The number of rotatable bonds is 1. The van der Waals surface area contributed by atoms with Crippen molar-refractivity contribution in [3.05, 3.63) is 0 Å². The van der Waals surface area contributed by atoms with Gasteiger partial charge in [0.15, 0.2) is 0 Å². The fourth-order valence-corrected chi connectivity index (χ4v) is 4.62. The highest BCUT2D eigenvalue weighted by atomic mass is 16.1. The zero-order chi connectivity index (χ0) is 9.97. The van der Waals surface area contributed by atoms with Crippen molar-refractivity contribution in [2.45, 2.75) is 44.1 Å². The van der Waals surface area contributed by atoms with E-state index in [4.69, 9.17) is 11.5 Å². The molecule has 4 N–H and O–H groups in total. The topological polar surface area (TPSA) is 69.1 Å². The van der Waals surface area contributed by atoms with Crippen LogP contribution in [0.3, 0.4) is 0 Å². The lowest BCUT2D eigenvalue weighted by Crippen LogP contribution is -2.63. The van der Waals surface area contributed by atoms with Crippen molar-refractivity contribution in [2.75, 3.05) is 0 Å². The maximum Gasteiger partial charge on any atom is 0.223 e. The number of hydrogen-bond donors (Lipinski definition) is 2. The van der Waals surface area contributed by atoms with Crippen LogP contribution in [0.2, 0.25) is 0 Å². The van der Waals surface area contributed by atoms with Gasteiger partial charge in [0.25, 0.3) is 0 Å². The van der Waals surface area contributed by atoms with Crippen molar-refractivity contribution >= 4 is 5.91 Å². The molecule has 2 atom stereocenters. The lowest BCUT2D eigenvalue weighted by Gasteiger charge is -2.59. The van der Waals surface area contributed by atoms with E-state index in [0.717, 1.165) is 32.1 Å². The molecule has 3 nitrogen and oxygen atoms in total. The molecule has 0 spiro atoms. The van der Waals surface area contributed by atoms with Crippen LogP contribution in [0, 0.1) is 17.3 Å². The van der Waals surface area contributed by atoms with E-state index in [0.29, 0.717) is 11.8 Å². The number of amides is 1. The molecule has 2 unspecified atom stereocenters. The van der Waals surface area contributed by atoms with Crippen LogP contribution in [0.15, 0.2) is 0 Å². The number of carbonyl (C=O) groups is 1. The van der Waals surface area contributed by atoms with Crippen LogP contribution in [-0.2, 0) is 4.79 Å². The minimum Gasteiger partial charge on any atom is -0.369 e. The van der Waals surface area contributed by atoms with Gasteiger partial charge in [-0.1, -0.05) is 0 Å². The average molecular weight is 194 g/mol. The van der Waals surface area contributed by atoms with Gasteiger partial charge in [0, 0.05) is 5.54 Å². The first-order chi connectivity index (χ1) is 6.51. The van der Waals surface area contributed by atoms with Crippen LogP contribution < -0.4 is 11.5 Å². The molecule has 0 aliphatic heterocycles. The standard InChI is InChI=1S/C11H18N2O/c12-9(14)10-2-7-1-8(3-10)5-11(13,4-7)6-10/h7-8H,1-6,13H2,(H2,12,14). The second-order valence-corrected chi connectivity index (χ2v) is 5.97. The first kappa shape index (κ1) is 8.72. The van der Waals surface area contributed by atoms with Crippen molar-refractivity contribution in [3.8, 4) is 0 Å². The second kappa shape index (κ2) is 2.32. The lowest BCUT2D eigenvalue weighted by atomic mass is 9.47. The highest BCUT2D eigenvalue weighted by Gasteiger charge is 2.58. The molecule has 1 amide bonds. The van der Waals surface area contributed by atoms with Gasteiger partial charge in [0.05, 0.1) is 5.41 Å². The summed E-state index contributed by atoms with van der Waals surface area (Å²) < 4.78 is 0. The Morgan fingerprint density at radius 2 is 1.71 bits per heavy atom. The highest BCUT2D eigenvalue weighted by Crippen LogP contribution is 2.60. The minimum atomic E-state index is -0.223. The molecule has 4 bridgehead atoms. The van der Waals surface area contributed by atoms with Gasteiger partial charge in [-0.15, -0.1) is 0 Å². The summed E-state index contributed by atoms with van der Waals surface area (Å²) in [5.41, 5.74) is 11.6. The molecule has 14 heavy (non-hydrogen) atoms. The molecule has 0 saturated heterocycles. The Kier molecular flexibility index (Phi) is 1.45. The fraction of sp³-hybridized carbons (Fsp3) is 0.909. The van der Waals surface area contributed by atoms with E-state index in [1.807, 2.05) is 0 Å². The summed E-state index contributed by atoms with van der Waals surface area (Å²) in [5.74, 6) is 1.25. The molecule has 4 saturated carbocycles. The first-order valence-corrected chi connectivity index (χ1v) is 5.60. The molecule has 0 aromatic heterocycles. The Morgan fingerprint density at radius 3 is 2.14 bits per heavy atom. The van der Waals surface area contributed by atoms with Gasteiger partial charge in [0.2, 0.25) is 5.91 Å². The Labute approximate surface area is 84.2 Å². The van der Waals surface area contributed by atoms with Crippen LogP contribution in [0.4, 0.5) is 0 Å². The van der Waals surface area contributed by atoms with Crippen LogP contribution in [-0.4, -0.2) is 11.4 Å². The third-order valence-corrected chi connectivity index (χ3v) is 4.63. The lowest BCUT2D eigenvalue weighted by molar-refractivity contribution is -0.144. The van der Waals surface area contributed by atoms with Crippen LogP contribution >= 0.6 is 0 Å². The van der Waals surface area contributed by atoms with Gasteiger partial charge in [0.1, 0.15) is 0 Å². The maximum atomic E-state index is 11.6. The monoisotopic (exact) mass is 194 g/mol. The molecule has 4 rings (SSSR count). The third-order valence-electron chi connectivity index (χ3n) is 4.63. The number of primary amides is 1. The molecule has 3 heteroatoms. The van der Waals surface area contributed by atoms with Gasteiger partial charge in [-0.3, -0.25) is 4.79 Å². The predicted molar refractivity (Wildman–Crippen MR) is 53.2 cm³/mol. The van der Waals surface area contributed by atoms with Crippen molar-refractivity contribution in [1.82, 2.24) is 0 Å². The molecule has 4 fully saturated rings. The summed E-state index contributed by atoms with van der Waals surface area (Å²) in [5, 5.41) is 0. The zero-order valence-electron chi connectivity index (χ0n) is 8.46. The largest absolute Gasteiger partial charge is 0.369 e. The van der Waals surface area contributed by atoms with Crippen molar-refractivity contribution in [2.24, 2.45) is 28.7 Å². The Hall–Kier alpha value is -0.570. The van der Waals surface area contributed by atoms with Gasteiger partial charge >= 0.3 is 0 Å². The summed E-state index contributed by atoms with van der Waals surface area (Å²) in [6.45, 7) is 0. The van der Waals surface area contributed by atoms with Gasteiger partial charge in [-0.2, -0.15) is 0 Å². The minimum absolute atomic E-state index is 0.0564. The van der Waals surface area contributed by atoms with E-state index in [1.165, 1.54) is 6.42 Å². The molecule has 0 aromatic carbocycles. The van der Waals surface area contributed by atoms with Crippen molar-refractivity contribution < 1.29 is 4.79 Å². The number of hydrogen-bond acceptors (Lipinski definition) is 2. The van der Waals surface area contributed by atoms with Crippen molar-refractivity contribution in [1.29, 1.82) is 0 Å². The summed E-state index contributed by atoms with van der Waals surface area (Å²) in [7, 11) is 0. The predicted octanol–water partition coefficient (Wildman–Crippen LogP) is 0.769. The van der Waals surface area contributed by atoms with Crippen LogP contribution in [0.5, 0.6) is 0 Å². The van der Waals surface area contributed by atoms with Crippen molar-refractivity contribution in [3.63, 3.8) is 0 Å². The summed E-state index contributed by atoms with van der Waals surface area (Å²) in [4.78, 5) is 11.6. The van der Waals surface area contributed by atoms with Gasteiger partial charge < -0.3 is 11.5 Å². The summed E-state index contributed by atoms with van der Waals surface area (Å²) in [6, 6.07) is 0. The zero-order valence-corrected chi connectivity index (χ0v) is 8.46. The quantitative estimate of drug-likeness (QED) is 0.647. The Bertz CT molecular complexity index is 286. The molecule has 0 heterocycles. The average Bonchev–Trinajstić information content (AvgIpc) is 1.98. The van der Waals surface area contributed by atoms with Gasteiger partial charge in [-0.25, -0.2) is 0 Å². The molecule has 78 valence electrons. The SMILES string of the molecule is NC(=O)C12CC3CC(CC(N)(C3)C1)C2. The van der Waals surface area contributed by atoms with E-state index in [9.17, 15) is 4.79 Å². The molecular weight excluding hydrogens is 176 g/mol. The van der Waals surface area contributed by atoms with E-state index < -0.39 is 0 Å². The Morgan fingerprint density at radius 1 is 1.14 bits per heavy atom. The molecular formula is C11H18N2O. The van der Waals surface area contributed by atoms with E-state index in [1.54, 1.807) is 0 Å². The third kappa shape index (κ3) is 0.991. The number of carbonyl (C=O) groups excluding carboxylic acids is 1. The van der Waals surface area contributed by atoms with E-state index in [-0.39, 0.29) is 16.9 Å². The Balaban J connectivity index is 2.00. The maximum absolute atomic E-state index is 11.6. The molecule has 4 aliphatic carbocycles.